The van der Waals surface area contributed by atoms with Gasteiger partial charge in [0.2, 0.25) is 15.8 Å². The van der Waals surface area contributed by atoms with Crippen LogP contribution >= 0.6 is 0 Å². The quantitative estimate of drug-likeness (QED) is 0.310. The van der Waals surface area contributed by atoms with Gasteiger partial charge in [0.1, 0.15) is 6.10 Å². The summed E-state index contributed by atoms with van der Waals surface area (Å²) in [5.41, 5.74) is 3.90. The monoisotopic (exact) mass is 454 g/mol. The molecule has 1 unspecified atom stereocenters. The lowest BCUT2D eigenvalue weighted by Gasteiger charge is -2.13. The van der Waals surface area contributed by atoms with Crippen molar-refractivity contribution in [3.63, 3.8) is 0 Å². The van der Waals surface area contributed by atoms with E-state index in [4.69, 9.17) is 9.66 Å². The molecule has 0 amide bonds. The Morgan fingerprint density at radius 2 is 1.75 bits per heavy atom. The standard InChI is InChI=1S/C21H22N6O4S/c1-12-6-11-17(25-27-24-12)19-16(4-3-5-18(19)32(22,29)30)14-7-9-15(10-8-14)20-23-21(13(2)28)31-26-20/h3-11,13,24-25,27-28H,1-2H3,(H2,22,29,30). The van der Waals surface area contributed by atoms with E-state index in [2.05, 4.69) is 25.6 Å². The fourth-order valence-corrected chi connectivity index (χ4v) is 4.01. The van der Waals surface area contributed by atoms with Gasteiger partial charge in [-0.1, -0.05) is 41.6 Å². The molecule has 1 atom stereocenters. The average molecular weight is 455 g/mol. The number of sulfonamides is 1. The largest absolute Gasteiger partial charge is 0.384 e. The summed E-state index contributed by atoms with van der Waals surface area (Å²) in [6.07, 6.45) is -0.861. The summed E-state index contributed by atoms with van der Waals surface area (Å²) in [6, 6.07) is 15.7. The fourth-order valence-electron chi connectivity index (χ4n) is 3.24. The second-order valence-corrected chi connectivity index (χ2v) is 8.77. The molecule has 166 valence electrons. The molecule has 0 aliphatic heterocycles. The van der Waals surface area contributed by atoms with Crippen LogP contribution < -0.4 is 5.14 Å². The maximum atomic E-state index is 12.4. The molecule has 0 aliphatic rings. The number of nitrogens with two attached hydrogens (primary N) is 1. The SMILES string of the molecule is Cc1ccc(-c2c(-c3ccc(-c4noc(C(C)O)n4)cc3)cccc2S(N)(=O)=O)[nH][nH][nH]1. The number of hydrogen-bond acceptors (Lipinski definition) is 6. The molecular formula is C21H22N6O4S. The first-order chi connectivity index (χ1) is 15.2. The molecule has 0 spiro atoms. The third-order valence-electron chi connectivity index (χ3n) is 4.81. The minimum Gasteiger partial charge on any atom is -0.384 e. The molecule has 6 N–H and O–H groups in total. The zero-order chi connectivity index (χ0) is 22.9. The lowest BCUT2D eigenvalue weighted by atomic mass is 9.96. The first kappa shape index (κ1) is 21.6. The molecule has 2 aromatic carbocycles. The molecule has 0 saturated heterocycles. The Morgan fingerprint density at radius 1 is 1.03 bits per heavy atom. The molecule has 0 bridgehead atoms. The van der Waals surface area contributed by atoms with Crippen LogP contribution in [0.25, 0.3) is 33.8 Å². The molecule has 10 nitrogen and oxygen atoms in total. The van der Waals surface area contributed by atoms with Crippen LogP contribution in [0.3, 0.4) is 0 Å². The number of aryl methyl sites for hydroxylation is 1. The Kier molecular flexibility index (Phi) is 5.70. The number of aromatic nitrogens is 5. The van der Waals surface area contributed by atoms with Gasteiger partial charge in [-0.3, -0.25) is 10.2 Å². The normalized spacial score (nSPS) is 12.5. The summed E-state index contributed by atoms with van der Waals surface area (Å²) in [4.78, 5) is 4.17. The van der Waals surface area contributed by atoms with Crippen LogP contribution in [-0.4, -0.2) is 39.1 Å². The maximum absolute atomic E-state index is 12.4. The van der Waals surface area contributed by atoms with Crippen molar-refractivity contribution in [3.8, 4) is 33.8 Å². The van der Waals surface area contributed by atoms with Gasteiger partial charge >= 0.3 is 0 Å². The van der Waals surface area contributed by atoms with Gasteiger partial charge in [0.05, 0.1) is 10.6 Å². The molecule has 4 rings (SSSR count). The van der Waals surface area contributed by atoms with Gasteiger partial charge in [-0.2, -0.15) is 4.98 Å². The van der Waals surface area contributed by atoms with Crippen molar-refractivity contribution in [1.82, 2.24) is 25.6 Å². The zero-order valence-corrected chi connectivity index (χ0v) is 18.1. The third-order valence-corrected chi connectivity index (χ3v) is 5.77. The highest BCUT2D eigenvalue weighted by molar-refractivity contribution is 7.89. The van der Waals surface area contributed by atoms with Gasteiger partial charge in [-0.05, 0) is 43.2 Å². The Bertz CT molecular complexity index is 1390. The van der Waals surface area contributed by atoms with Crippen LogP contribution in [-0.2, 0) is 10.0 Å². The molecule has 0 saturated carbocycles. The molecule has 4 aromatic rings. The zero-order valence-electron chi connectivity index (χ0n) is 17.3. The lowest BCUT2D eigenvalue weighted by Crippen LogP contribution is -2.14. The van der Waals surface area contributed by atoms with Gasteiger partial charge in [-0.25, -0.2) is 18.8 Å². The van der Waals surface area contributed by atoms with Crippen molar-refractivity contribution in [1.29, 1.82) is 0 Å². The van der Waals surface area contributed by atoms with Crippen LogP contribution in [0.4, 0.5) is 0 Å². The summed E-state index contributed by atoms with van der Waals surface area (Å²) in [6.45, 7) is 3.40. The summed E-state index contributed by atoms with van der Waals surface area (Å²) in [5, 5.41) is 27.7. The number of aromatic amines is 3. The van der Waals surface area contributed by atoms with E-state index in [1.807, 2.05) is 31.2 Å². The number of aliphatic hydroxyl groups is 1. The van der Waals surface area contributed by atoms with E-state index in [-0.39, 0.29) is 10.8 Å². The number of nitrogens with zero attached hydrogens (tertiary/aromatic N) is 2. The van der Waals surface area contributed by atoms with Crippen LogP contribution in [0, 0.1) is 6.92 Å². The van der Waals surface area contributed by atoms with Crippen LogP contribution in [0.15, 0.2) is 64.0 Å². The summed E-state index contributed by atoms with van der Waals surface area (Å²) >= 11 is 0. The minimum atomic E-state index is -4.00. The number of hydrogen-bond donors (Lipinski definition) is 5. The molecule has 32 heavy (non-hydrogen) atoms. The number of aliphatic hydroxyl groups excluding tert-OH is 1. The highest BCUT2D eigenvalue weighted by Gasteiger charge is 2.20. The van der Waals surface area contributed by atoms with Gasteiger partial charge in [0.25, 0.3) is 5.89 Å². The Balaban J connectivity index is 1.85. The molecule has 0 fully saturated rings. The number of benzene rings is 2. The highest BCUT2D eigenvalue weighted by atomic mass is 32.2. The van der Waals surface area contributed by atoms with Crippen molar-refractivity contribution in [2.75, 3.05) is 0 Å². The van der Waals surface area contributed by atoms with Crippen LogP contribution in [0.5, 0.6) is 0 Å². The number of primary sulfonamides is 1. The van der Waals surface area contributed by atoms with Crippen molar-refractivity contribution in [2.45, 2.75) is 24.8 Å². The average Bonchev–Trinajstić information content (AvgIpc) is 3.16. The third kappa shape index (κ3) is 4.35. The lowest BCUT2D eigenvalue weighted by molar-refractivity contribution is 0.152. The fraction of sp³-hybridized carbons (Fsp3) is 0.143. The number of nitrogens with one attached hydrogen (secondary N) is 3. The van der Waals surface area contributed by atoms with Gasteiger partial charge in [0.15, 0.2) is 0 Å². The van der Waals surface area contributed by atoms with E-state index in [0.717, 1.165) is 11.3 Å². The van der Waals surface area contributed by atoms with Gasteiger partial charge in [-0.15, -0.1) is 0 Å². The van der Waals surface area contributed by atoms with E-state index in [1.54, 1.807) is 24.3 Å². The van der Waals surface area contributed by atoms with E-state index < -0.39 is 16.1 Å². The second-order valence-electron chi connectivity index (χ2n) is 7.24. The maximum Gasteiger partial charge on any atom is 0.255 e. The minimum absolute atomic E-state index is 0.00711. The van der Waals surface area contributed by atoms with Gasteiger partial charge in [0, 0.05) is 16.8 Å². The summed E-state index contributed by atoms with van der Waals surface area (Å²) < 4.78 is 29.7. The van der Waals surface area contributed by atoms with E-state index in [1.165, 1.54) is 13.0 Å². The van der Waals surface area contributed by atoms with Crippen LogP contribution in [0.1, 0.15) is 24.6 Å². The van der Waals surface area contributed by atoms with E-state index in [0.29, 0.717) is 28.2 Å². The summed E-state index contributed by atoms with van der Waals surface area (Å²) in [7, 11) is -4.00. The topological polar surface area (TPSA) is 167 Å². The number of rotatable bonds is 5. The first-order valence-electron chi connectivity index (χ1n) is 9.68. The predicted octanol–water partition coefficient (Wildman–Crippen LogP) is 3.19. The molecule has 11 heteroatoms. The molecule has 0 aliphatic carbocycles. The second kappa shape index (κ2) is 8.46. The molecule has 0 radical (unpaired) electrons. The van der Waals surface area contributed by atoms with Crippen molar-refractivity contribution in [3.05, 3.63) is 66.2 Å². The van der Waals surface area contributed by atoms with E-state index >= 15 is 0 Å². The first-order valence-corrected chi connectivity index (χ1v) is 11.2. The molecular weight excluding hydrogens is 432 g/mol. The molecule has 2 aromatic heterocycles. The van der Waals surface area contributed by atoms with Crippen LogP contribution in [0.2, 0.25) is 0 Å². The Labute approximate surface area is 183 Å². The van der Waals surface area contributed by atoms with Gasteiger partial charge < -0.3 is 9.63 Å². The molecule has 2 heterocycles. The smallest absolute Gasteiger partial charge is 0.255 e. The Hall–Kier alpha value is -3.67. The number of H-pyrrole nitrogens is 3. The van der Waals surface area contributed by atoms with Crippen molar-refractivity contribution >= 4 is 10.0 Å². The predicted molar refractivity (Wildman–Crippen MR) is 118 cm³/mol. The van der Waals surface area contributed by atoms with E-state index in [9.17, 15) is 13.5 Å². The highest BCUT2D eigenvalue weighted by Crippen LogP contribution is 2.36. The Morgan fingerprint density at radius 3 is 2.41 bits per heavy atom. The summed E-state index contributed by atoms with van der Waals surface area (Å²) in [5.74, 6) is 0.470. The van der Waals surface area contributed by atoms with Crippen molar-refractivity contribution in [2.24, 2.45) is 5.14 Å². The van der Waals surface area contributed by atoms with Crippen molar-refractivity contribution < 1.29 is 18.0 Å².